The Bertz CT molecular complexity index is 687. The fourth-order valence-corrected chi connectivity index (χ4v) is 2.65. The largest absolute Gasteiger partial charge is 0.613 e. The van der Waals surface area contributed by atoms with Crippen molar-refractivity contribution in [3.8, 4) is 11.5 Å². The van der Waals surface area contributed by atoms with E-state index >= 15 is 0 Å². The summed E-state index contributed by atoms with van der Waals surface area (Å²) in [6.07, 6.45) is 0.536. The lowest BCUT2D eigenvalue weighted by Crippen LogP contribution is -1.97. The third-order valence-electron chi connectivity index (χ3n) is 2.71. The van der Waals surface area contributed by atoms with Crippen LogP contribution >= 0.6 is 16.0 Å². The molecule has 0 saturated heterocycles. The van der Waals surface area contributed by atoms with Gasteiger partial charge in [-0.25, -0.2) is 4.57 Å². The van der Waals surface area contributed by atoms with E-state index in [1.54, 1.807) is 24.3 Å². The molecule has 0 saturated carbocycles. The fraction of sp³-hybridized carbons (Fsp3) is 0.0769. The van der Waals surface area contributed by atoms with E-state index < -0.39 is 16.0 Å². The van der Waals surface area contributed by atoms with Crippen molar-refractivity contribution in [2.24, 2.45) is 0 Å². The third kappa shape index (κ3) is 6.64. The molecule has 0 unspecified atom stereocenters. The van der Waals surface area contributed by atoms with Gasteiger partial charge < -0.3 is 4.52 Å². The number of hydrogen-bond acceptors (Lipinski definition) is 6. The minimum Gasteiger partial charge on any atom is -0.404 e. The zero-order valence-corrected chi connectivity index (χ0v) is 13.5. The van der Waals surface area contributed by atoms with Crippen LogP contribution in [-0.2, 0) is 11.0 Å². The Morgan fingerprint density at radius 2 is 1.26 bits per heavy atom. The molecule has 23 heavy (non-hydrogen) atoms. The van der Waals surface area contributed by atoms with Gasteiger partial charge in [-0.05, 0) is 41.8 Å². The van der Waals surface area contributed by atoms with Crippen molar-refractivity contribution in [3.63, 3.8) is 0 Å². The zero-order chi connectivity index (χ0) is 17.1. The molecule has 0 atom stereocenters. The molecule has 5 N–H and O–H groups in total. The van der Waals surface area contributed by atoms with Crippen LogP contribution in [-0.4, -0.2) is 24.5 Å². The van der Waals surface area contributed by atoms with Crippen LogP contribution < -0.4 is 9.05 Å². The molecular weight excluding hydrogens is 346 g/mol. The van der Waals surface area contributed by atoms with E-state index in [4.69, 9.17) is 24.5 Å². The molecule has 8 nitrogen and oxygen atoms in total. The summed E-state index contributed by atoms with van der Waals surface area (Å²) in [6, 6.07) is 12.6. The fourth-order valence-electron chi connectivity index (χ4n) is 1.85. The second kappa shape index (κ2) is 6.95. The lowest BCUT2D eigenvalue weighted by atomic mass is 10.1. The van der Waals surface area contributed by atoms with Gasteiger partial charge in [0.15, 0.2) is 5.75 Å². The van der Waals surface area contributed by atoms with Crippen molar-refractivity contribution in [1.29, 1.82) is 0 Å². The summed E-state index contributed by atoms with van der Waals surface area (Å²) >= 11 is 0. The molecule has 0 aliphatic carbocycles. The highest BCUT2D eigenvalue weighted by Crippen LogP contribution is 2.46. The molecule has 0 bridgehead atoms. The Labute approximate surface area is 132 Å². The van der Waals surface area contributed by atoms with Crippen LogP contribution in [0.3, 0.4) is 0 Å². The molecule has 124 valence electrons. The Kier molecular flexibility index (Phi) is 5.39. The van der Waals surface area contributed by atoms with Gasteiger partial charge >= 0.3 is 16.0 Å². The van der Waals surface area contributed by atoms with Gasteiger partial charge in [0.2, 0.25) is 0 Å². The van der Waals surface area contributed by atoms with Gasteiger partial charge in [-0.15, -0.1) is 0 Å². The second-order valence-corrected chi connectivity index (χ2v) is 7.02. The smallest absolute Gasteiger partial charge is 0.404 e. The highest BCUT2D eigenvalue weighted by molar-refractivity contribution is 7.53. The third-order valence-corrected chi connectivity index (χ3v) is 3.61. The summed E-state index contributed by atoms with van der Waals surface area (Å²) in [5, 5.41) is 0. The summed E-state index contributed by atoms with van der Waals surface area (Å²) in [7, 11) is -8.88. The van der Waals surface area contributed by atoms with Gasteiger partial charge in [0.05, 0.1) is 0 Å². The van der Waals surface area contributed by atoms with Gasteiger partial charge in [0, 0.05) is 0 Å². The van der Waals surface area contributed by atoms with Crippen molar-refractivity contribution in [3.05, 3.63) is 59.7 Å². The lowest BCUT2D eigenvalue weighted by Gasteiger charge is -2.08. The van der Waals surface area contributed by atoms with Gasteiger partial charge in [-0.1, -0.05) is 24.3 Å². The first-order valence-electron chi connectivity index (χ1n) is 6.31. The minimum atomic E-state index is -4.56. The quantitative estimate of drug-likeness (QED) is 0.491. The van der Waals surface area contributed by atoms with E-state index in [1.807, 2.05) is 0 Å². The zero-order valence-electron chi connectivity index (χ0n) is 11.7. The Morgan fingerprint density at radius 1 is 0.826 bits per heavy atom. The van der Waals surface area contributed by atoms with Crippen LogP contribution in [0.25, 0.3) is 0 Å². The average Bonchev–Trinajstić information content (AvgIpc) is 2.40. The monoisotopic (exact) mass is 361 g/mol. The number of benzene rings is 2. The predicted octanol–water partition coefficient (Wildman–Crippen LogP) is 1.78. The molecule has 0 radical (unpaired) electrons. The predicted molar refractivity (Wildman–Crippen MR) is 82.6 cm³/mol. The molecule has 0 aliphatic heterocycles. The van der Waals surface area contributed by atoms with Gasteiger partial charge in [0.1, 0.15) is 5.75 Å². The molecule has 0 heterocycles. The Morgan fingerprint density at radius 3 is 1.65 bits per heavy atom. The van der Waals surface area contributed by atoms with Crippen molar-refractivity contribution in [1.82, 2.24) is 0 Å². The summed E-state index contributed by atoms with van der Waals surface area (Å²) in [5.41, 5.74) is 1.77. The van der Waals surface area contributed by atoms with Crippen LogP contribution in [0.4, 0.5) is 0 Å². The van der Waals surface area contributed by atoms with E-state index in [9.17, 15) is 4.57 Å². The number of hydrogen-bond donors (Lipinski definition) is 5. The molecule has 0 aliphatic rings. The van der Waals surface area contributed by atoms with E-state index in [0.717, 1.165) is 11.1 Å². The first-order valence-corrected chi connectivity index (χ1v) is 9.40. The molecule has 2 rings (SSSR count). The van der Waals surface area contributed by atoms with Gasteiger partial charge in [-0.2, -0.15) is 14.7 Å². The summed E-state index contributed by atoms with van der Waals surface area (Å²) in [4.78, 5) is 43.9. The molecule has 0 amide bonds. The first-order chi connectivity index (χ1) is 10.6. The topological polar surface area (TPSA) is 137 Å². The molecule has 0 spiro atoms. The number of phosphoric ester groups is 1. The first kappa shape index (κ1) is 17.8. The van der Waals surface area contributed by atoms with Crippen molar-refractivity contribution in [2.75, 3.05) is 0 Å². The lowest BCUT2D eigenvalue weighted by molar-refractivity contribution is 0.238. The van der Waals surface area contributed by atoms with Gasteiger partial charge in [0.25, 0.3) is 0 Å². The van der Waals surface area contributed by atoms with E-state index in [-0.39, 0.29) is 11.5 Å². The highest BCUT2D eigenvalue weighted by Gasteiger charge is 2.34. The van der Waals surface area contributed by atoms with Crippen molar-refractivity contribution >= 4 is 16.0 Å². The second-order valence-electron chi connectivity index (χ2n) is 4.65. The minimum absolute atomic E-state index is 0.0694. The maximum Gasteiger partial charge on any atom is 0.613 e. The van der Waals surface area contributed by atoms with Crippen LogP contribution in [0.1, 0.15) is 11.1 Å². The molecule has 0 fully saturated rings. The normalized spacial score (nSPS) is 12.0. The highest BCUT2D eigenvalue weighted by atomic mass is 31.2. The Hall–Kier alpha value is -1.50. The van der Waals surface area contributed by atoms with Crippen LogP contribution in [0.15, 0.2) is 48.5 Å². The molecule has 2 aromatic rings. The Balaban J connectivity index is 2.00. The SMILES string of the molecule is O=P(O)(O)Oc1ccc(Cc2ccc(O[P+](O)(O)O)cc2)cc1. The summed E-state index contributed by atoms with van der Waals surface area (Å²) < 4.78 is 19.7. The summed E-state index contributed by atoms with van der Waals surface area (Å²) in [6.45, 7) is 0. The number of phosphoric acid groups is 1. The van der Waals surface area contributed by atoms with Gasteiger partial charge in [-0.3, -0.25) is 14.3 Å². The maximum absolute atomic E-state index is 10.7. The molecular formula is C13H15O8P2+. The molecule has 2 aromatic carbocycles. The van der Waals surface area contributed by atoms with Crippen molar-refractivity contribution < 1.29 is 38.1 Å². The molecule has 0 aromatic heterocycles. The maximum atomic E-state index is 10.7. The molecule has 10 heteroatoms. The van der Waals surface area contributed by atoms with E-state index in [1.165, 1.54) is 24.3 Å². The van der Waals surface area contributed by atoms with E-state index in [0.29, 0.717) is 6.42 Å². The standard InChI is InChI=1S/C13H14O8P2/c14-22(15,16)20-12-5-1-10(2-6-12)9-11-3-7-13(8-4-11)21-23(17,18)19/h1-8,14-16H,9H2,(H-,17,18,19)/p+1. The van der Waals surface area contributed by atoms with Crippen LogP contribution in [0.2, 0.25) is 0 Å². The van der Waals surface area contributed by atoms with Crippen LogP contribution in [0, 0.1) is 0 Å². The van der Waals surface area contributed by atoms with Crippen LogP contribution in [0.5, 0.6) is 11.5 Å². The van der Waals surface area contributed by atoms with Crippen molar-refractivity contribution in [2.45, 2.75) is 6.42 Å². The average molecular weight is 361 g/mol. The number of rotatable bonds is 6. The van der Waals surface area contributed by atoms with E-state index in [2.05, 4.69) is 9.05 Å². The summed E-state index contributed by atoms with van der Waals surface area (Å²) in [5.74, 6) is 0.194.